The largest absolute Gasteiger partial charge is 0.505 e. The van der Waals surface area contributed by atoms with Gasteiger partial charge in [-0.25, -0.2) is 17.2 Å². The normalized spacial score (nSPS) is 17.2. The first kappa shape index (κ1) is 24.9. The molecule has 1 aliphatic rings. The summed E-state index contributed by atoms with van der Waals surface area (Å²) in [6, 6.07) is 8.96. The number of benzene rings is 3. The van der Waals surface area contributed by atoms with Crippen LogP contribution in [0.3, 0.4) is 0 Å². The molecule has 0 aromatic heterocycles. The number of phenolic OH excluding ortho intramolecular Hbond substituents is 1. The van der Waals surface area contributed by atoms with E-state index in [0.717, 1.165) is 17.7 Å². The van der Waals surface area contributed by atoms with Crippen molar-refractivity contribution in [2.45, 2.75) is 31.3 Å². The fourth-order valence-electron chi connectivity index (χ4n) is 3.65. The Bertz CT molecular complexity index is 1450. The Morgan fingerprint density at radius 1 is 1.11 bits per heavy atom. The molecule has 0 radical (unpaired) electrons. The van der Waals surface area contributed by atoms with Crippen LogP contribution in [0, 0.1) is 11.6 Å². The van der Waals surface area contributed by atoms with Crippen LogP contribution in [0.4, 0.5) is 14.5 Å². The minimum Gasteiger partial charge on any atom is -0.505 e. The summed E-state index contributed by atoms with van der Waals surface area (Å²) in [5.74, 6) is -3.09. The number of anilines is 1. The molecule has 3 aromatic rings. The maximum absolute atomic E-state index is 15.0. The summed E-state index contributed by atoms with van der Waals surface area (Å²) in [4.78, 5) is 12.1. The topological polar surface area (TPSA) is 105 Å². The van der Waals surface area contributed by atoms with Crippen molar-refractivity contribution in [3.8, 4) is 22.6 Å². The average Bonchev–Trinajstić information content (AvgIpc) is 2.80. The molecule has 4 bridgehead atoms. The van der Waals surface area contributed by atoms with Crippen LogP contribution in [0.1, 0.15) is 29.8 Å². The SMILES string of the molecule is CCc1ccc2c(c1)-c1cc(c(F)cc1F)NS(=O)(=O)c1cc(cc(Br)c1O)C(=O)NC[C@H](C)O2. The molecule has 3 N–H and O–H groups in total. The first-order chi connectivity index (χ1) is 16.5. The third kappa shape index (κ3) is 4.96. The molecule has 4 rings (SSSR count). The Labute approximate surface area is 209 Å². The molecule has 1 aliphatic heterocycles. The van der Waals surface area contributed by atoms with Gasteiger partial charge in [0.1, 0.15) is 34.1 Å². The number of nitrogens with one attached hydrogen (secondary N) is 2. The van der Waals surface area contributed by atoms with E-state index in [1.807, 2.05) is 6.92 Å². The number of carbonyl (C=O) groups excluding carboxylic acids is 1. The molecule has 0 fully saturated rings. The molecule has 0 aliphatic carbocycles. The van der Waals surface area contributed by atoms with Gasteiger partial charge >= 0.3 is 0 Å². The van der Waals surface area contributed by atoms with Gasteiger partial charge < -0.3 is 15.2 Å². The zero-order valence-corrected chi connectivity index (χ0v) is 21.1. The van der Waals surface area contributed by atoms with Gasteiger partial charge in [0.15, 0.2) is 0 Å². The van der Waals surface area contributed by atoms with Gasteiger partial charge in [0.05, 0.1) is 16.7 Å². The summed E-state index contributed by atoms with van der Waals surface area (Å²) in [7, 11) is -4.59. The smallest absolute Gasteiger partial charge is 0.265 e. The van der Waals surface area contributed by atoms with Crippen molar-refractivity contribution in [2.75, 3.05) is 11.3 Å². The number of fused-ring (bicyclic) bond motifs is 6. The summed E-state index contributed by atoms with van der Waals surface area (Å²) < 4.78 is 63.9. The molecule has 0 spiro atoms. The third-order valence-corrected chi connectivity index (χ3v) is 7.49. The Balaban J connectivity index is 1.97. The van der Waals surface area contributed by atoms with E-state index in [9.17, 15) is 27.1 Å². The van der Waals surface area contributed by atoms with E-state index in [0.29, 0.717) is 18.1 Å². The summed E-state index contributed by atoms with van der Waals surface area (Å²) >= 11 is 3.04. The van der Waals surface area contributed by atoms with Crippen LogP contribution >= 0.6 is 15.9 Å². The molecule has 184 valence electrons. The molecule has 1 atom stereocenters. The molecule has 0 saturated carbocycles. The first-order valence-electron chi connectivity index (χ1n) is 10.6. The van der Waals surface area contributed by atoms with Gasteiger partial charge in [-0.1, -0.05) is 13.0 Å². The highest BCUT2D eigenvalue weighted by atomic mass is 79.9. The molecule has 1 heterocycles. The highest BCUT2D eigenvalue weighted by Gasteiger charge is 2.26. The quantitative estimate of drug-likeness (QED) is 0.385. The molecule has 1 amide bonds. The monoisotopic (exact) mass is 566 g/mol. The lowest BCUT2D eigenvalue weighted by molar-refractivity contribution is 0.0932. The zero-order valence-electron chi connectivity index (χ0n) is 18.7. The molecular weight excluding hydrogens is 546 g/mol. The molecular formula is C24H21BrF2N2O5S. The average molecular weight is 567 g/mol. The number of sulfonamides is 1. The molecule has 0 saturated heterocycles. The first-order valence-corrected chi connectivity index (χ1v) is 12.9. The van der Waals surface area contributed by atoms with Gasteiger partial charge in [-0.05, 0) is 65.2 Å². The molecule has 0 unspecified atom stereocenters. The zero-order chi connectivity index (χ0) is 25.5. The van der Waals surface area contributed by atoms with Crippen molar-refractivity contribution in [1.29, 1.82) is 0 Å². The lowest BCUT2D eigenvalue weighted by Gasteiger charge is -2.19. The summed E-state index contributed by atoms with van der Waals surface area (Å²) in [5, 5.41) is 13.0. The summed E-state index contributed by atoms with van der Waals surface area (Å²) in [6.45, 7) is 3.66. The van der Waals surface area contributed by atoms with Crippen molar-refractivity contribution in [2.24, 2.45) is 0 Å². The van der Waals surface area contributed by atoms with Crippen LogP contribution in [0.25, 0.3) is 11.1 Å². The number of rotatable bonds is 1. The second-order valence-electron chi connectivity index (χ2n) is 8.04. The highest BCUT2D eigenvalue weighted by molar-refractivity contribution is 9.10. The van der Waals surface area contributed by atoms with Crippen LogP contribution in [-0.2, 0) is 16.4 Å². The van der Waals surface area contributed by atoms with Crippen LogP contribution < -0.4 is 14.8 Å². The number of phenols is 1. The third-order valence-electron chi connectivity index (χ3n) is 5.50. The molecule has 7 nitrogen and oxygen atoms in total. The minimum atomic E-state index is -4.59. The van der Waals surface area contributed by atoms with E-state index < -0.39 is 50.0 Å². The number of carbonyl (C=O) groups is 1. The standard InChI is InChI=1S/C24H21BrF2N2O5S/c1-3-13-4-5-21-16(6-13)15-9-20(19(27)10-18(15)26)29-35(32,33)22-8-14(7-17(25)23(22)30)24(31)28-11-12(2)34-21/h4-10,12,29-30H,3,11H2,1-2H3,(H,28,31)/t12-/m0/s1. The number of amides is 1. The lowest BCUT2D eigenvalue weighted by Crippen LogP contribution is -2.33. The van der Waals surface area contributed by atoms with Crippen LogP contribution in [0.2, 0.25) is 0 Å². The van der Waals surface area contributed by atoms with E-state index in [1.165, 1.54) is 6.07 Å². The van der Waals surface area contributed by atoms with E-state index in [1.54, 1.807) is 25.1 Å². The van der Waals surface area contributed by atoms with Crippen molar-refractivity contribution in [1.82, 2.24) is 5.32 Å². The number of hydrogen-bond donors (Lipinski definition) is 3. The van der Waals surface area contributed by atoms with E-state index in [-0.39, 0.29) is 27.9 Å². The van der Waals surface area contributed by atoms with Crippen LogP contribution in [-0.4, -0.2) is 32.1 Å². The lowest BCUT2D eigenvalue weighted by atomic mass is 9.99. The van der Waals surface area contributed by atoms with Gasteiger partial charge in [0.25, 0.3) is 15.9 Å². The second kappa shape index (κ2) is 9.46. The molecule has 35 heavy (non-hydrogen) atoms. The fourth-order valence-corrected chi connectivity index (χ4v) is 5.44. The van der Waals surface area contributed by atoms with Crippen molar-refractivity contribution < 1.29 is 31.8 Å². The predicted octanol–water partition coefficient (Wildman–Crippen LogP) is 4.97. The second-order valence-corrected chi connectivity index (χ2v) is 10.5. The van der Waals surface area contributed by atoms with Crippen molar-refractivity contribution >= 4 is 37.5 Å². The number of hydrogen-bond acceptors (Lipinski definition) is 5. The fraction of sp³-hybridized carbons (Fsp3) is 0.208. The Morgan fingerprint density at radius 2 is 1.86 bits per heavy atom. The van der Waals surface area contributed by atoms with E-state index >= 15 is 0 Å². The molecule has 3 aromatic carbocycles. The number of aromatic hydroxyl groups is 1. The van der Waals surface area contributed by atoms with Crippen molar-refractivity contribution in [3.63, 3.8) is 0 Å². The summed E-state index contributed by atoms with van der Waals surface area (Å²) in [6.07, 6.45) is 0.0745. The van der Waals surface area contributed by atoms with Gasteiger partial charge in [0, 0.05) is 22.8 Å². The Hall–Kier alpha value is -3.18. The van der Waals surface area contributed by atoms with Crippen LogP contribution in [0.15, 0.2) is 51.8 Å². The highest BCUT2D eigenvalue weighted by Crippen LogP contribution is 2.38. The maximum Gasteiger partial charge on any atom is 0.265 e. The maximum atomic E-state index is 15.0. The minimum absolute atomic E-state index is 0.0454. The van der Waals surface area contributed by atoms with Gasteiger partial charge in [-0.2, -0.15) is 0 Å². The number of halogens is 3. The van der Waals surface area contributed by atoms with E-state index in [2.05, 4.69) is 26.0 Å². The van der Waals surface area contributed by atoms with E-state index in [4.69, 9.17) is 4.74 Å². The number of aryl methyl sites for hydroxylation is 1. The van der Waals surface area contributed by atoms with Gasteiger partial charge in [-0.3, -0.25) is 9.52 Å². The summed E-state index contributed by atoms with van der Waals surface area (Å²) in [5.41, 5.74) is 0.456. The Morgan fingerprint density at radius 3 is 2.57 bits per heavy atom. The number of ether oxygens (including phenoxy) is 1. The van der Waals surface area contributed by atoms with Gasteiger partial charge in [0.2, 0.25) is 0 Å². The van der Waals surface area contributed by atoms with Crippen LogP contribution in [0.5, 0.6) is 11.5 Å². The molecule has 11 heteroatoms. The van der Waals surface area contributed by atoms with Gasteiger partial charge in [-0.15, -0.1) is 0 Å². The van der Waals surface area contributed by atoms with Crippen molar-refractivity contribution in [3.05, 3.63) is 69.7 Å². The predicted molar refractivity (Wildman–Crippen MR) is 130 cm³/mol. The Kier molecular flexibility index (Phi) is 6.74.